The van der Waals surface area contributed by atoms with Gasteiger partial charge in [0.05, 0.1) is 12.3 Å². The highest BCUT2D eigenvalue weighted by molar-refractivity contribution is 5.59. The molecule has 0 spiro atoms. The minimum atomic E-state index is 0.688. The Morgan fingerprint density at radius 3 is 2.81 bits per heavy atom. The normalized spacial score (nSPS) is 25.9. The van der Waals surface area contributed by atoms with Crippen molar-refractivity contribution >= 4 is 5.69 Å². The molecule has 0 aromatic heterocycles. The number of nitrogens with one attached hydrogen (secondary N) is 1. The van der Waals surface area contributed by atoms with Crippen LogP contribution >= 0.6 is 0 Å². The van der Waals surface area contributed by atoms with Crippen molar-refractivity contribution in [1.29, 1.82) is 0 Å². The van der Waals surface area contributed by atoms with Gasteiger partial charge in [-0.25, -0.2) is 0 Å². The first kappa shape index (κ1) is 14.7. The average Bonchev–Trinajstić information content (AvgIpc) is 2.76. The van der Waals surface area contributed by atoms with Crippen molar-refractivity contribution in [3.63, 3.8) is 0 Å². The molecule has 1 N–H and O–H groups in total. The van der Waals surface area contributed by atoms with Gasteiger partial charge in [0.2, 0.25) is 0 Å². The van der Waals surface area contributed by atoms with Gasteiger partial charge in [0.25, 0.3) is 0 Å². The molecule has 1 saturated carbocycles. The maximum atomic E-state index is 5.89. The van der Waals surface area contributed by atoms with E-state index in [4.69, 9.17) is 4.74 Å². The Kier molecular flexibility index (Phi) is 5.02. The summed E-state index contributed by atoms with van der Waals surface area (Å²) in [7, 11) is 0. The topological polar surface area (TPSA) is 24.5 Å². The second-order valence-corrected chi connectivity index (χ2v) is 6.32. The van der Waals surface area contributed by atoms with Crippen molar-refractivity contribution < 1.29 is 4.74 Å². The largest absolute Gasteiger partial charge is 0.491 e. The van der Waals surface area contributed by atoms with Crippen LogP contribution in [0.2, 0.25) is 0 Å². The molecular formula is C18H28N2O. The zero-order valence-corrected chi connectivity index (χ0v) is 13.2. The first-order chi connectivity index (χ1) is 10.4. The Hall–Kier alpha value is -1.22. The smallest absolute Gasteiger partial charge is 0.142 e. The molecule has 1 aliphatic heterocycles. The summed E-state index contributed by atoms with van der Waals surface area (Å²) in [5.74, 6) is 1.07. The zero-order chi connectivity index (χ0) is 14.5. The third-order valence-electron chi connectivity index (χ3n) is 4.80. The van der Waals surface area contributed by atoms with Crippen LogP contribution in [-0.2, 0) is 0 Å². The second kappa shape index (κ2) is 7.17. The van der Waals surface area contributed by atoms with Crippen molar-refractivity contribution in [3.05, 3.63) is 24.3 Å². The number of nitrogens with zero attached hydrogens (tertiary/aromatic N) is 1. The van der Waals surface area contributed by atoms with Crippen LogP contribution in [0.5, 0.6) is 5.75 Å². The fourth-order valence-electron chi connectivity index (χ4n) is 3.67. The lowest BCUT2D eigenvalue weighted by Gasteiger charge is -2.38. The van der Waals surface area contributed by atoms with Crippen molar-refractivity contribution in [2.24, 2.45) is 0 Å². The van der Waals surface area contributed by atoms with Gasteiger partial charge in [-0.3, -0.25) is 0 Å². The minimum absolute atomic E-state index is 0.688. The van der Waals surface area contributed by atoms with Crippen LogP contribution in [-0.4, -0.2) is 31.8 Å². The molecule has 3 heteroatoms. The summed E-state index contributed by atoms with van der Waals surface area (Å²) in [5, 5.41) is 3.68. The molecule has 0 atom stereocenters. The fourth-order valence-corrected chi connectivity index (χ4v) is 3.67. The Bertz CT molecular complexity index is 441. The molecule has 21 heavy (non-hydrogen) atoms. The highest BCUT2D eigenvalue weighted by Gasteiger charge is 2.28. The second-order valence-electron chi connectivity index (χ2n) is 6.32. The molecule has 116 valence electrons. The van der Waals surface area contributed by atoms with E-state index in [-0.39, 0.29) is 0 Å². The molecule has 2 aliphatic rings. The Balaban J connectivity index is 1.65. The van der Waals surface area contributed by atoms with E-state index in [9.17, 15) is 0 Å². The average molecular weight is 288 g/mol. The monoisotopic (exact) mass is 288 g/mol. The summed E-state index contributed by atoms with van der Waals surface area (Å²) in [5.41, 5.74) is 1.31. The molecule has 1 aromatic carbocycles. The van der Waals surface area contributed by atoms with Crippen molar-refractivity contribution in [1.82, 2.24) is 5.32 Å². The number of anilines is 1. The van der Waals surface area contributed by atoms with Gasteiger partial charge in [-0.15, -0.1) is 0 Å². The standard InChI is InChI=1S/C18H28N2O/c1-2-12-19-15-8-10-16(11-9-15)20-13-5-14-21-18-7-4-3-6-17(18)20/h3-4,6-7,15-16,19H,2,5,8-14H2,1H3. The number of hydrogen-bond acceptors (Lipinski definition) is 3. The summed E-state index contributed by atoms with van der Waals surface area (Å²) in [6.45, 7) is 5.39. The molecule has 3 nitrogen and oxygen atoms in total. The highest BCUT2D eigenvalue weighted by atomic mass is 16.5. The summed E-state index contributed by atoms with van der Waals surface area (Å²) in [4.78, 5) is 2.61. The van der Waals surface area contributed by atoms with Gasteiger partial charge in [0, 0.05) is 18.6 Å². The number of ether oxygens (including phenoxy) is 1. The quantitative estimate of drug-likeness (QED) is 0.916. The SMILES string of the molecule is CCCNC1CCC(N2CCCOc3ccccc32)CC1. The Morgan fingerprint density at radius 1 is 1.19 bits per heavy atom. The third kappa shape index (κ3) is 3.52. The summed E-state index contributed by atoms with van der Waals surface area (Å²) in [6, 6.07) is 9.97. The molecular weight excluding hydrogens is 260 g/mol. The molecule has 1 aromatic rings. The molecule has 0 amide bonds. The molecule has 1 fully saturated rings. The number of rotatable bonds is 4. The van der Waals surface area contributed by atoms with Crippen LogP contribution in [0.4, 0.5) is 5.69 Å². The number of para-hydroxylation sites is 2. The van der Waals surface area contributed by atoms with Gasteiger partial charge in [-0.05, 0) is 57.2 Å². The van der Waals surface area contributed by atoms with Crippen LogP contribution < -0.4 is 15.0 Å². The molecule has 0 saturated heterocycles. The lowest BCUT2D eigenvalue weighted by atomic mass is 9.89. The Labute approximate surface area is 128 Å². The number of fused-ring (bicyclic) bond motifs is 1. The van der Waals surface area contributed by atoms with Crippen molar-refractivity contribution in [3.8, 4) is 5.75 Å². The van der Waals surface area contributed by atoms with E-state index in [0.717, 1.165) is 37.9 Å². The lowest BCUT2D eigenvalue weighted by molar-refractivity contribution is 0.317. The van der Waals surface area contributed by atoms with Crippen LogP contribution in [0.25, 0.3) is 0 Å². The minimum Gasteiger partial charge on any atom is -0.491 e. The van der Waals surface area contributed by atoms with Crippen LogP contribution in [0.3, 0.4) is 0 Å². The van der Waals surface area contributed by atoms with E-state index in [1.165, 1.54) is 37.8 Å². The van der Waals surface area contributed by atoms with E-state index < -0.39 is 0 Å². The van der Waals surface area contributed by atoms with Crippen LogP contribution in [0.15, 0.2) is 24.3 Å². The van der Waals surface area contributed by atoms with Gasteiger partial charge in [0.1, 0.15) is 5.75 Å². The molecule has 3 rings (SSSR count). The fraction of sp³-hybridized carbons (Fsp3) is 0.667. The van der Waals surface area contributed by atoms with Gasteiger partial charge in [-0.2, -0.15) is 0 Å². The van der Waals surface area contributed by atoms with Gasteiger partial charge in [0.15, 0.2) is 0 Å². The predicted molar refractivity (Wildman–Crippen MR) is 88.2 cm³/mol. The van der Waals surface area contributed by atoms with E-state index in [1.807, 2.05) is 0 Å². The van der Waals surface area contributed by atoms with Crippen LogP contribution in [0, 0.1) is 0 Å². The third-order valence-corrected chi connectivity index (χ3v) is 4.80. The summed E-state index contributed by atoms with van der Waals surface area (Å²) < 4.78 is 5.89. The molecule has 1 heterocycles. The van der Waals surface area contributed by atoms with Crippen molar-refractivity contribution in [2.75, 3.05) is 24.6 Å². The molecule has 0 unspecified atom stereocenters. The van der Waals surface area contributed by atoms with Gasteiger partial charge < -0.3 is 15.0 Å². The van der Waals surface area contributed by atoms with E-state index in [0.29, 0.717) is 6.04 Å². The van der Waals surface area contributed by atoms with Crippen LogP contribution in [0.1, 0.15) is 45.4 Å². The van der Waals surface area contributed by atoms with Gasteiger partial charge >= 0.3 is 0 Å². The Morgan fingerprint density at radius 2 is 2.00 bits per heavy atom. The number of benzene rings is 1. The lowest BCUT2D eigenvalue weighted by Crippen LogP contribution is -2.43. The van der Waals surface area contributed by atoms with Gasteiger partial charge in [-0.1, -0.05) is 19.1 Å². The maximum Gasteiger partial charge on any atom is 0.142 e. The molecule has 1 aliphatic carbocycles. The first-order valence-corrected chi connectivity index (χ1v) is 8.60. The van der Waals surface area contributed by atoms with E-state index in [1.54, 1.807) is 0 Å². The number of hydrogen-bond donors (Lipinski definition) is 1. The summed E-state index contributed by atoms with van der Waals surface area (Å²) >= 11 is 0. The molecule has 0 radical (unpaired) electrons. The zero-order valence-electron chi connectivity index (χ0n) is 13.2. The van der Waals surface area contributed by atoms with E-state index >= 15 is 0 Å². The highest BCUT2D eigenvalue weighted by Crippen LogP contribution is 2.35. The van der Waals surface area contributed by atoms with E-state index in [2.05, 4.69) is 41.4 Å². The molecule has 0 bridgehead atoms. The van der Waals surface area contributed by atoms with Crippen molar-refractivity contribution in [2.45, 2.75) is 57.5 Å². The summed E-state index contributed by atoms with van der Waals surface area (Å²) in [6.07, 6.45) is 7.58. The first-order valence-electron chi connectivity index (χ1n) is 8.60. The predicted octanol–water partition coefficient (Wildman–Crippen LogP) is 3.59. The maximum absolute atomic E-state index is 5.89.